The molecule has 9 amide bonds. The normalized spacial score (nSPS) is 11.0. The molecule has 0 fully saturated rings. The summed E-state index contributed by atoms with van der Waals surface area (Å²) in [5.74, 6) is -5.75. The summed E-state index contributed by atoms with van der Waals surface area (Å²) >= 11 is 0. The highest BCUT2D eigenvalue weighted by Gasteiger charge is 2.27. The van der Waals surface area contributed by atoms with Gasteiger partial charge < -0.3 is 117 Å². The Morgan fingerprint density at radius 3 is 0.926 bits per heavy atom. The van der Waals surface area contributed by atoms with Gasteiger partial charge in [0.1, 0.15) is 28.5 Å². The number of carbonyl (C=O) groups is 10. The number of nitrogens with one attached hydrogen (secondary N) is 4. The van der Waals surface area contributed by atoms with Crippen LogP contribution in [0.25, 0.3) is 44.1 Å². The average molecular weight is 2040 g/mol. The Labute approximate surface area is 844 Å². The van der Waals surface area contributed by atoms with Crippen molar-refractivity contribution in [1.82, 2.24) is 87.1 Å². The molecule has 0 saturated heterocycles. The van der Waals surface area contributed by atoms with Crippen LogP contribution in [0.5, 0.6) is 0 Å². The second-order valence-corrected chi connectivity index (χ2v) is 33.5. The Morgan fingerprint density at radius 1 is 0.365 bits per heavy atom. The number of aromatic carboxylic acids is 1. The fraction of sp³-hybridized carbons (Fsp3) is 0.309. The van der Waals surface area contributed by atoms with E-state index < -0.39 is 73.6 Å². The molecule has 14 rings (SSSR count). The lowest BCUT2D eigenvalue weighted by molar-refractivity contribution is -0.387. The summed E-state index contributed by atoms with van der Waals surface area (Å²) in [5.41, 5.74) is 68.9. The maximum Gasteiger partial charge on any atom is 0.354 e. The minimum Gasteiger partial charge on any atom is -0.477 e. The first-order valence-electron chi connectivity index (χ1n) is 45.9. The Morgan fingerprint density at radius 2 is 0.628 bits per heavy atom. The summed E-state index contributed by atoms with van der Waals surface area (Å²) < 4.78 is 25.0. The number of carboxylic acids is 1. The predicted octanol–water partition coefficient (Wildman–Crippen LogP) is 4.88. The van der Waals surface area contributed by atoms with Crippen molar-refractivity contribution in [3.8, 4) is 0 Å². The Bertz CT molecular complexity index is 6910. The Kier molecular flexibility index (Phi) is 40.0. The third-order valence-electron chi connectivity index (χ3n) is 22.8. The summed E-state index contributed by atoms with van der Waals surface area (Å²) in [6.45, 7) is 22.4. The number of nitrogen functional groups attached to an aromatic ring is 2. The molecule has 7 aromatic heterocycles. The highest BCUT2D eigenvalue weighted by Crippen LogP contribution is 2.31. The predicted molar refractivity (Wildman–Crippen MR) is 552 cm³/mol. The maximum absolute atomic E-state index is 13.4. The zero-order chi connectivity index (χ0) is 109. The van der Waals surface area contributed by atoms with Gasteiger partial charge >= 0.3 is 11.7 Å². The van der Waals surface area contributed by atoms with Crippen molar-refractivity contribution in [1.29, 1.82) is 0 Å². The van der Waals surface area contributed by atoms with Gasteiger partial charge in [0.2, 0.25) is 71.0 Å². The van der Waals surface area contributed by atoms with E-state index in [1.54, 1.807) is 107 Å². The van der Waals surface area contributed by atoms with Gasteiger partial charge in [0.05, 0.1) is 76.0 Å². The van der Waals surface area contributed by atoms with Gasteiger partial charge in [-0.25, -0.2) is 24.7 Å². The van der Waals surface area contributed by atoms with Gasteiger partial charge in [-0.05, 0) is 197 Å². The summed E-state index contributed by atoms with van der Waals surface area (Å²) in [5, 5.41) is 65.8. The molecule has 53 nitrogen and oxygen atoms in total. The number of nitro groups is 3. The molecule has 0 spiro atoms. The first-order chi connectivity index (χ1) is 70.2. The number of anilines is 6. The van der Waals surface area contributed by atoms with Crippen molar-refractivity contribution >= 4 is 155 Å². The van der Waals surface area contributed by atoms with Crippen LogP contribution in [0.4, 0.5) is 56.6 Å². The number of imidazole rings is 4. The molecule has 0 aliphatic rings. The molecule has 27 N–H and O–H groups in total. The lowest BCUT2D eigenvalue weighted by Crippen LogP contribution is -2.30. The number of benzene rings is 7. The number of halogens is 1. The highest BCUT2D eigenvalue weighted by atomic mass is 19.1. The topological polar surface area (TPSA) is 792 Å². The molecule has 54 heteroatoms. The number of rotatable bonds is 42. The summed E-state index contributed by atoms with van der Waals surface area (Å²) in [4.78, 5) is 174. The summed E-state index contributed by atoms with van der Waals surface area (Å²) in [6.07, 6.45) is 0. The van der Waals surface area contributed by atoms with Crippen molar-refractivity contribution in [2.75, 3.05) is 139 Å². The van der Waals surface area contributed by atoms with Gasteiger partial charge in [-0.15, -0.1) is 0 Å². The number of carbonyl (C=O) groups excluding carboxylic acids is 9. The molecule has 0 atom stereocenters. The molecular formula is C94H119FN36O17. The van der Waals surface area contributed by atoms with E-state index in [1.165, 1.54) is 28.9 Å². The second-order valence-electron chi connectivity index (χ2n) is 33.5. The number of hydrogen-bond acceptors (Lipinski definition) is 33. The minimum absolute atomic E-state index is 0.0448. The first-order valence-corrected chi connectivity index (χ1v) is 45.9. The van der Waals surface area contributed by atoms with Gasteiger partial charge in [0.15, 0.2) is 0 Å². The average Bonchev–Trinajstić information content (AvgIpc) is 1.64. The SMILES string of the molecule is CCn1nc(C)cc1C(=O)Nc1nc2cc(C(N)=O)ccc2n1CCN(C)CCn1c(NC(=O)c2cc(C)nn2CC)nc2cc(C(N)=O)ccc21.CCn1nc(C)cc1C(=O)O.CN(CCN)CCN.CN(CCNc1ccc(C(N)=O)cc1[N+](=O)[O-])CCNc1ccc(C(N)=O)cc1[N+](=O)[O-].CN(CCn1c(N)nc2cc(C(N)=O)ccc21)CCn1c(N)nc2cc(C(N)=O)ccc21.NC(=O)c1ccc(F)c([N+](=O)[O-])c1. The lowest BCUT2D eigenvalue weighted by atomic mass is 10.1. The molecule has 148 heavy (non-hydrogen) atoms. The van der Waals surface area contributed by atoms with Crippen LogP contribution in [-0.4, -0.2) is 273 Å². The van der Waals surface area contributed by atoms with E-state index in [0.29, 0.717) is 189 Å². The zero-order valence-electron chi connectivity index (χ0n) is 82.9. The summed E-state index contributed by atoms with van der Waals surface area (Å²) in [6, 6.07) is 35.8. The van der Waals surface area contributed by atoms with Gasteiger partial charge in [-0.3, -0.25) is 98.2 Å². The summed E-state index contributed by atoms with van der Waals surface area (Å²) in [7, 11) is 7.79. The fourth-order valence-corrected chi connectivity index (χ4v) is 15.0. The van der Waals surface area contributed by atoms with Crippen molar-refractivity contribution in [2.45, 2.75) is 87.4 Å². The van der Waals surface area contributed by atoms with Gasteiger partial charge in [-0.1, -0.05) is 0 Å². The minimum atomic E-state index is -0.991. The number of aromatic nitrogens is 14. The smallest absolute Gasteiger partial charge is 0.354 e. The van der Waals surface area contributed by atoms with Crippen LogP contribution in [0.2, 0.25) is 0 Å². The van der Waals surface area contributed by atoms with E-state index in [9.17, 15) is 82.7 Å². The van der Waals surface area contributed by atoms with Crippen LogP contribution in [0.1, 0.15) is 142 Å². The van der Waals surface area contributed by atoms with Gasteiger partial charge in [0, 0.05) is 181 Å². The molecule has 0 saturated carbocycles. The van der Waals surface area contributed by atoms with E-state index in [1.807, 2.05) is 86.0 Å². The zero-order valence-corrected chi connectivity index (χ0v) is 82.9. The number of nitrogens with zero attached hydrogens (tertiary/aromatic N) is 21. The molecule has 14 aromatic rings. The number of carboxylic acid groups (broad SMARTS) is 1. The van der Waals surface area contributed by atoms with E-state index in [2.05, 4.69) is 71.2 Å². The Hall–Kier alpha value is -18.2. The highest BCUT2D eigenvalue weighted by molar-refractivity contribution is 6.06. The Balaban J connectivity index is 0.000000219. The number of fused-ring (bicyclic) bond motifs is 4. The monoisotopic (exact) mass is 2040 g/mol. The number of hydrogen-bond donors (Lipinski definition) is 16. The number of likely N-dealkylation sites (N-methyl/N-ethyl adjacent to an activating group) is 4. The van der Waals surface area contributed by atoms with Crippen LogP contribution in [0.3, 0.4) is 0 Å². The number of nitro benzene ring substituents is 3. The molecule has 0 bridgehead atoms. The molecular weight excluding hydrogens is 1920 g/mol. The third kappa shape index (κ3) is 30.2. The molecule has 0 aliphatic heterocycles. The molecule has 0 radical (unpaired) electrons. The number of nitrogens with two attached hydrogens (primary N) is 11. The van der Waals surface area contributed by atoms with Crippen LogP contribution in [0.15, 0.2) is 146 Å². The van der Waals surface area contributed by atoms with Crippen LogP contribution < -0.4 is 84.3 Å². The number of primary amides is 7. The van der Waals surface area contributed by atoms with E-state index in [-0.39, 0.29) is 56.9 Å². The van der Waals surface area contributed by atoms with Crippen LogP contribution in [0, 0.1) is 56.9 Å². The number of amides is 9. The van der Waals surface area contributed by atoms with E-state index in [4.69, 9.17) is 68.2 Å². The van der Waals surface area contributed by atoms with Crippen molar-refractivity contribution in [2.24, 2.45) is 51.6 Å². The first kappa shape index (κ1) is 113. The van der Waals surface area contributed by atoms with Crippen LogP contribution >= 0.6 is 0 Å². The largest absolute Gasteiger partial charge is 0.477 e. The van der Waals surface area contributed by atoms with Gasteiger partial charge in [-0.2, -0.15) is 19.7 Å². The van der Waals surface area contributed by atoms with Crippen molar-refractivity contribution in [3.63, 3.8) is 0 Å². The standard InChI is InChI=1S/C35H41N13O4.C21H25N9O2.C19H23N7O6.C7H5FN2O3.C7H10N2O2.C5H15N3/c1-6-47-28(16-20(3)42-47)32(51)40-34-38-24-18-22(30(36)49)8-10-26(24)45(34)14-12-44(5)13-15-46-27-11-9-23(31(37)50)19-25(27)39-35(46)41-33(52)29-17-21(4)43-48(29)7-2;1-28(6-8-29-16-4-2-12(18(22)31)10-14(16)26-20(29)24)7-9-30-17-5-3-13(19(23)32)11-15(17)27-21(30)25;1-24(8-6-22-14-4-2-12(18(20)27)10-16(14)25(29)30)9-7-23-15-5-3-13(19(21)28)11-17(15)26(31)32;8-5-2-1-4(7(9)11)3-6(5)10(12)13;1-3-9-6(7(10)11)4-5(2)8-9;1-8(4-2-6)5-3-7/h8-11,16-19H,6-7,12-15H2,1-5H3,(H2,36,49)(H2,37,50)(H,38,40,51)(H,39,41,52);2-5,10-11H,6-9H2,1H3,(H2,22,31)(H2,23,32)(H2,24,26)(H2,25,27);2-5,10-11,22-23H,6-9H2,1H3,(H2,20,27)(H2,21,28);1-3H,(H2,9,11);4H,3H2,1-2H3,(H,10,11);2-7H2,1H3. The third-order valence-corrected chi connectivity index (χ3v) is 22.8. The molecule has 0 aliphatic carbocycles. The van der Waals surface area contributed by atoms with Crippen molar-refractivity contribution in [3.05, 3.63) is 255 Å². The van der Waals surface area contributed by atoms with E-state index >= 15 is 0 Å². The molecule has 7 aromatic carbocycles. The fourth-order valence-electron chi connectivity index (χ4n) is 15.0. The second kappa shape index (κ2) is 52.2. The van der Waals surface area contributed by atoms with E-state index in [0.717, 1.165) is 84.6 Å². The molecule has 0 unspecified atom stereocenters. The maximum atomic E-state index is 13.4. The quantitative estimate of drug-likeness (QED) is 0.0179. The lowest BCUT2D eigenvalue weighted by Gasteiger charge is -2.20. The van der Waals surface area contributed by atoms with Gasteiger partial charge in [0.25, 0.3) is 23.2 Å². The molecule has 784 valence electrons. The molecule has 7 heterocycles. The van der Waals surface area contributed by atoms with Crippen LogP contribution in [-0.2, 0) is 45.8 Å². The van der Waals surface area contributed by atoms with Crippen molar-refractivity contribution < 1.29 is 72.2 Å². The number of aryl methyl sites for hydroxylation is 6.